The summed E-state index contributed by atoms with van der Waals surface area (Å²) < 4.78 is 5.16. The van der Waals surface area contributed by atoms with Crippen molar-refractivity contribution in [1.82, 2.24) is 10.3 Å². The Balaban J connectivity index is 2.70. The van der Waals surface area contributed by atoms with Crippen LogP contribution in [0.4, 0.5) is 4.79 Å². The molecule has 5 heteroatoms. The third-order valence-corrected chi connectivity index (χ3v) is 2.96. The highest BCUT2D eigenvalue weighted by Gasteiger charge is 2.27. The Bertz CT molecular complexity index is 480. The van der Waals surface area contributed by atoms with Gasteiger partial charge in [-0.05, 0) is 46.2 Å². The van der Waals surface area contributed by atoms with Crippen molar-refractivity contribution in [2.24, 2.45) is 0 Å². The summed E-state index contributed by atoms with van der Waals surface area (Å²) in [5.74, 6) is -0.391. The number of nitrogens with one attached hydrogen (secondary N) is 1. The molecule has 0 saturated carbocycles. The number of pyridine rings is 1. The lowest BCUT2D eigenvalue weighted by Gasteiger charge is -2.23. The first-order valence-corrected chi connectivity index (χ1v) is 7.18. The summed E-state index contributed by atoms with van der Waals surface area (Å²) in [6.07, 6.45) is 1.71. The van der Waals surface area contributed by atoms with Crippen molar-refractivity contribution in [3.8, 4) is 0 Å². The van der Waals surface area contributed by atoms with Gasteiger partial charge in [0.2, 0.25) is 0 Å². The summed E-state index contributed by atoms with van der Waals surface area (Å²) in [6.45, 7) is 8.93. The summed E-state index contributed by atoms with van der Waals surface area (Å²) in [5.41, 5.74) is 0.140. The first-order valence-electron chi connectivity index (χ1n) is 7.18. The van der Waals surface area contributed by atoms with Gasteiger partial charge in [0.15, 0.2) is 5.78 Å². The molecule has 1 amide bonds. The van der Waals surface area contributed by atoms with Crippen molar-refractivity contribution in [3.63, 3.8) is 0 Å². The molecule has 2 unspecified atom stereocenters. The molecule has 2 atom stereocenters. The Morgan fingerprint density at radius 3 is 2.48 bits per heavy atom. The maximum atomic E-state index is 12.5. The van der Waals surface area contributed by atoms with Gasteiger partial charge >= 0.3 is 6.09 Å². The van der Waals surface area contributed by atoms with Crippen LogP contribution in [0.1, 0.15) is 52.7 Å². The van der Waals surface area contributed by atoms with E-state index in [0.29, 0.717) is 6.42 Å². The van der Waals surface area contributed by atoms with E-state index in [4.69, 9.17) is 4.74 Å². The van der Waals surface area contributed by atoms with Crippen LogP contribution in [-0.2, 0) is 9.53 Å². The van der Waals surface area contributed by atoms with Gasteiger partial charge in [-0.2, -0.15) is 0 Å². The van der Waals surface area contributed by atoms with Crippen LogP contribution in [0.5, 0.6) is 0 Å². The van der Waals surface area contributed by atoms with Crippen molar-refractivity contribution in [3.05, 3.63) is 30.1 Å². The average Bonchev–Trinajstić information content (AvgIpc) is 2.38. The maximum Gasteiger partial charge on any atom is 0.408 e. The Labute approximate surface area is 126 Å². The zero-order valence-electron chi connectivity index (χ0n) is 13.3. The molecule has 1 rings (SSSR count). The largest absolute Gasteiger partial charge is 0.444 e. The maximum absolute atomic E-state index is 12.5. The molecule has 0 fully saturated rings. The predicted molar refractivity (Wildman–Crippen MR) is 81.1 cm³/mol. The number of alkyl carbamates (subject to hydrolysis) is 1. The third kappa shape index (κ3) is 5.53. The summed E-state index contributed by atoms with van der Waals surface area (Å²) in [4.78, 5) is 28.4. The Morgan fingerprint density at radius 2 is 2.00 bits per heavy atom. The molecule has 0 aromatic carbocycles. The van der Waals surface area contributed by atoms with Crippen molar-refractivity contribution >= 4 is 11.9 Å². The van der Waals surface area contributed by atoms with Gasteiger partial charge in [0.1, 0.15) is 5.60 Å². The van der Waals surface area contributed by atoms with Crippen LogP contribution >= 0.6 is 0 Å². The van der Waals surface area contributed by atoms with Gasteiger partial charge in [0, 0.05) is 6.20 Å². The lowest BCUT2D eigenvalue weighted by molar-refractivity contribution is -0.122. The molecule has 5 nitrogen and oxygen atoms in total. The second-order valence-electron chi connectivity index (χ2n) is 5.99. The summed E-state index contributed by atoms with van der Waals surface area (Å²) in [7, 11) is 0. The second kappa shape index (κ2) is 7.20. The molecule has 0 spiro atoms. The van der Waals surface area contributed by atoms with E-state index >= 15 is 0 Å². The average molecular weight is 292 g/mol. The van der Waals surface area contributed by atoms with Crippen LogP contribution in [0.3, 0.4) is 0 Å². The minimum atomic E-state index is -0.619. The SMILES string of the molecule is CCC(C(=O)C(C)NC(=O)OC(C)(C)C)c1ccccn1. The van der Waals surface area contributed by atoms with Crippen LogP contribution in [0.25, 0.3) is 0 Å². The quantitative estimate of drug-likeness (QED) is 0.905. The molecule has 0 aliphatic rings. The van der Waals surface area contributed by atoms with Crippen LogP contribution in [0.15, 0.2) is 24.4 Å². The van der Waals surface area contributed by atoms with Crippen molar-refractivity contribution < 1.29 is 14.3 Å². The Kier molecular flexibility index (Phi) is 5.88. The van der Waals surface area contributed by atoms with Crippen molar-refractivity contribution in [2.75, 3.05) is 0 Å². The van der Waals surface area contributed by atoms with Gasteiger partial charge in [-0.25, -0.2) is 4.79 Å². The first-order chi connectivity index (χ1) is 9.74. The number of rotatable bonds is 5. The van der Waals surface area contributed by atoms with Crippen molar-refractivity contribution in [2.45, 2.75) is 58.6 Å². The van der Waals surface area contributed by atoms with E-state index in [0.717, 1.165) is 5.69 Å². The first kappa shape index (κ1) is 17.1. The molecule has 21 heavy (non-hydrogen) atoms. The highest BCUT2D eigenvalue weighted by atomic mass is 16.6. The van der Waals surface area contributed by atoms with E-state index in [1.807, 2.05) is 25.1 Å². The van der Waals surface area contributed by atoms with E-state index in [1.54, 1.807) is 33.9 Å². The van der Waals surface area contributed by atoms with Gasteiger partial charge < -0.3 is 10.1 Å². The summed E-state index contributed by atoms with van der Waals surface area (Å²) in [5, 5.41) is 2.58. The molecule has 1 aromatic rings. The Morgan fingerprint density at radius 1 is 1.33 bits per heavy atom. The molecule has 0 radical (unpaired) electrons. The fourth-order valence-corrected chi connectivity index (χ4v) is 2.00. The fraction of sp³-hybridized carbons (Fsp3) is 0.562. The van der Waals surface area contributed by atoms with E-state index in [-0.39, 0.29) is 11.7 Å². The number of amides is 1. The number of carbonyl (C=O) groups is 2. The third-order valence-electron chi connectivity index (χ3n) is 2.96. The lowest BCUT2D eigenvalue weighted by Crippen LogP contribution is -2.43. The number of aromatic nitrogens is 1. The van der Waals surface area contributed by atoms with Gasteiger partial charge in [0.05, 0.1) is 17.7 Å². The van der Waals surface area contributed by atoms with E-state index in [9.17, 15) is 9.59 Å². The van der Waals surface area contributed by atoms with Crippen LogP contribution < -0.4 is 5.32 Å². The van der Waals surface area contributed by atoms with E-state index < -0.39 is 17.7 Å². The van der Waals surface area contributed by atoms with Crippen molar-refractivity contribution in [1.29, 1.82) is 0 Å². The second-order valence-corrected chi connectivity index (χ2v) is 5.99. The lowest BCUT2D eigenvalue weighted by atomic mass is 9.92. The van der Waals surface area contributed by atoms with Crippen LogP contribution in [-0.4, -0.2) is 28.5 Å². The van der Waals surface area contributed by atoms with Gasteiger partial charge in [-0.3, -0.25) is 9.78 Å². The molecular weight excluding hydrogens is 268 g/mol. The number of ketones is 1. The smallest absolute Gasteiger partial charge is 0.408 e. The molecule has 0 aliphatic heterocycles. The number of hydrogen-bond acceptors (Lipinski definition) is 4. The number of Topliss-reactive ketones (excluding diaryl/α,β-unsaturated/α-hetero) is 1. The molecular formula is C16H24N2O3. The number of ether oxygens (including phenoxy) is 1. The van der Waals surface area contributed by atoms with Gasteiger partial charge in [-0.1, -0.05) is 13.0 Å². The predicted octanol–water partition coefficient (Wildman–Crippen LogP) is 3.06. The van der Waals surface area contributed by atoms with Gasteiger partial charge in [-0.15, -0.1) is 0 Å². The van der Waals surface area contributed by atoms with Crippen LogP contribution in [0.2, 0.25) is 0 Å². The topological polar surface area (TPSA) is 68.3 Å². The van der Waals surface area contributed by atoms with Gasteiger partial charge in [0.25, 0.3) is 0 Å². The molecule has 1 aromatic heterocycles. The molecule has 0 saturated heterocycles. The Hall–Kier alpha value is -1.91. The minimum Gasteiger partial charge on any atom is -0.444 e. The van der Waals surface area contributed by atoms with E-state index in [1.165, 1.54) is 0 Å². The molecule has 116 valence electrons. The summed E-state index contributed by atoms with van der Waals surface area (Å²) in [6, 6.07) is 4.87. The number of carbonyl (C=O) groups excluding carboxylic acids is 2. The zero-order chi connectivity index (χ0) is 16.0. The molecule has 1 heterocycles. The minimum absolute atomic E-state index is 0.0675. The highest BCUT2D eigenvalue weighted by Crippen LogP contribution is 2.20. The number of hydrogen-bond donors (Lipinski definition) is 1. The summed E-state index contributed by atoms with van der Waals surface area (Å²) >= 11 is 0. The zero-order valence-corrected chi connectivity index (χ0v) is 13.3. The van der Waals surface area contributed by atoms with Crippen LogP contribution in [0, 0.1) is 0 Å². The molecule has 1 N–H and O–H groups in total. The number of nitrogens with zero attached hydrogens (tertiary/aromatic N) is 1. The molecule has 0 bridgehead atoms. The van der Waals surface area contributed by atoms with E-state index in [2.05, 4.69) is 10.3 Å². The highest BCUT2D eigenvalue weighted by molar-refractivity contribution is 5.92. The standard InChI is InChI=1S/C16H24N2O3/c1-6-12(13-9-7-8-10-17-13)14(19)11(2)18-15(20)21-16(3,4)5/h7-12H,6H2,1-5H3,(H,18,20). The fourth-order valence-electron chi connectivity index (χ4n) is 2.00. The molecule has 0 aliphatic carbocycles. The normalized spacial score (nSPS) is 14.1. The monoisotopic (exact) mass is 292 g/mol.